The van der Waals surface area contributed by atoms with Gasteiger partial charge in [-0.25, -0.2) is 4.52 Å². The third-order valence-electron chi connectivity index (χ3n) is 7.94. The van der Waals surface area contributed by atoms with Crippen molar-refractivity contribution in [1.82, 2.24) is 24.8 Å². The van der Waals surface area contributed by atoms with Crippen molar-refractivity contribution in [2.75, 3.05) is 20.2 Å². The predicted molar refractivity (Wildman–Crippen MR) is 143 cm³/mol. The lowest BCUT2D eigenvalue weighted by molar-refractivity contribution is -0.156. The van der Waals surface area contributed by atoms with Gasteiger partial charge in [-0.15, -0.1) is 0 Å². The highest BCUT2D eigenvalue weighted by Gasteiger charge is 2.39. The number of rotatable bonds is 7. The minimum absolute atomic E-state index is 0.0189. The molecule has 1 saturated heterocycles. The molecule has 0 unspecified atom stereocenters. The first kappa shape index (κ1) is 28.3. The summed E-state index contributed by atoms with van der Waals surface area (Å²) in [7, 11) is 1.49. The molecule has 3 aromatic heterocycles. The first-order valence-electron chi connectivity index (χ1n) is 13.0. The summed E-state index contributed by atoms with van der Waals surface area (Å²) in [5.41, 5.74) is 4.22. The molecular weight excluding hydrogens is 508 g/mol. The van der Waals surface area contributed by atoms with E-state index in [0.29, 0.717) is 47.9 Å². The second kappa shape index (κ2) is 10.8. The van der Waals surface area contributed by atoms with Crippen LogP contribution in [0.4, 0.5) is 8.78 Å². The molecule has 1 atom stereocenters. The molecule has 0 saturated carbocycles. The molecule has 1 aliphatic rings. The zero-order valence-electron chi connectivity index (χ0n) is 23.2. The minimum Gasteiger partial charge on any atom is -0.496 e. The van der Waals surface area contributed by atoms with Crippen LogP contribution >= 0.6 is 0 Å². The number of nitrogens with one attached hydrogen (secondary N) is 2. The number of aryl methyl sites for hydroxylation is 1. The lowest BCUT2D eigenvalue weighted by Gasteiger charge is -2.36. The Hall–Kier alpha value is -3.76. The summed E-state index contributed by atoms with van der Waals surface area (Å²) < 4.78 is 34.3. The quantitative estimate of drug-likeness (QED) is 0.470. The Balaban J connectivity index is 1.60. The molecule has 1 aliphatic heterocycles. The van der Waals surface area contributed by atoms with Crippen LogP contribution in [0.15, 0.2) is 23.1 Å². The third-order valence-corrected chi connectivity index (χ3v) is 7.94. The van der Waals surface area contributed by atoms with Crippen LogP contribution in [-0.2, 0) is 11.3 Å². The van der Waals surface area contributed by atoms with Crippen molar-refractivity contribution >= 4 is 17.3 Å². The van der Waals surface area contributed by atoms with E-state index in [1.165, 1.54) is 12.0 Å². The molecule has 0 radical (unpaired) electrons. The standard InChI is InChI=1S/C28H35F2N5O4/c1-15-18(4)33-25(36)20(24(15)39-6)14-31-26(37)22-17(3)23(35-21(22)8-7-11-32-35)16(2)19-9-12-34(13-10-19)27(38)28(5,29)30/h7-8,11,16,19H,9-10,12-14H2,1-6H3,(H,31,37)(H,33,36)/t16-/m0/s1. The fourth-order valence-corrected chi connectivity index (χ4v) is 5.69. The maximum Gasteiger partial charge on any atom is 0.322 e. The SMILES string of the molecule is COc1c(C)c(C)[nH]c(=O)c1CNC(=O)c1c(C)c([C@@H](C)C2CCN(C(=O)C(C)(F)F)CC2)n2ncccc12. The lowest BCUT2D eigenvalue weighted by Crippen LogP contribution is -2.46. The number of amides is 2. The van der Waals surface area contributed by atoms with E-state index in [0.717, 1.165) is 16.8 Å². The highest BCUT2D eigenvalue weighted by atomic mass is 19.3. The Morgan fingerprint density at radius 3 is 2.51 bits per heavy atom. The van der Waals surface area contributed by atoms with Crippen molar-refractivity contribution in [2.24, 2.45) is 5.92 Å². The van der Waals surface area contributed by atoms with Crippen LogP contribution in [-0.4, -0.2) is 57.4 Å². The van der Waals surface area contributed by atoms with Gasteiger partial charge >= 0.3 is 5.92 Å². The molecule has 9 nitrogen and oxygen atoms in total. The number of hydrogen-bond acceptors (Lipinski definition) is 5. The molecule has 0 spiro atoms. The molecule has 4 rings (SSSR count). The van der Waals surface area contributed by atoms with E-state index in [4.69, 9.17) is 4.74 Å². The van der Waals surface area contributed by atoms with E-state index in [9.17, 15) is 23.2 Å². The van der Waals surface area contributed by atoms with Gasteiger partial charge in [0.25, 0.3) is 17.4 Å². The smallest absolute Gasteiger partial charge is 0.322 e. The Morgan fingerprint density at radius 2 is 1.90 bits per heavy atom. The number of alkyl halides is 2. The van der Waals surface area contributed by atoms with Gasteiger partial charge in [-0.1, -0.05) is 6.92 Å². The van der Waals surface area contributed by atoms with Crippen LogP contribution in [0.1, 0.15) is 71.0 Å². The Labute approximate surface area is 225 Å². The third kappa shape index (κ3) is 5.26. The van der Waals surface area contributed by atoms with Gasteiger partial charge in [0.1, 0.15) is 5.75 Å². The van der Waals surface area contributed by atoms with E-state index in [-0.39, 0.29) is 42.9 Å². The maximum atomic E-state index is 13.5. The van der Waals surface area contributed by atoms with Gasteiger partial charge in [-0.2, -0.15) is 13.9 Å². The number of aromatic amines is 1. The van der Waals surface area contributed by atoms with Crippen LogP contribution in [0.25, 0.3) is 5.52 Å². The highest BCUT2D eigenvalue weighted by molar-refractivity contribution is 6.03. The van der Waals surface area contributed by atoms with Gasteiger partial charge < -0.3 is 19.9 Å². The van der Waals surface area contributed by atoms with Crippen LogP contribution in [0.2, 0.25) is 0 Å². The number of H-pyrrole nitrogens is 1. The number of halogens is 2. The molecule has 210 valence electrons. The topological polar surface area (TPSA) is 109 Å². The number of hydrogen-bond donors (Lipinski definition) is 2. The minimum atomic E-state index is -3.38. The van der Waals surface area contributed by atoms with Gasteiger partial charge in [0.15, 0.2) is 0 Å². The van der Waals surface area contributed by atoms with Gasteiger partial charge in [0.05, 0.1) is 30.3 Å². The molecular formula is C28H35F2N5O4. The summed E-state index contributed by atoms with van der Waals surface area (Å²) in [6.07, 6.45) is 2.78. The number of ether oxygens (including phenoxy) is 1. The second-order valence-electron chi connectivity index (χ2n) is 10.4. The average molecular weight is 544 g/mol. The van der Waals surface area contributed by atoms with Crippen LogP contribution in [0.5, 0.6) is 5.75 Å². The van der Waals surface area contributed by atoms with Gasteiger partial charge in [-0.05, 0) is 57.2 Å². The Morgan fingerprint density at radius 1 is 1.23 bits per heavy atom. The largest absolute Gasteiger partial charge is 0.496 e. The van der Waals surface area contributed by atoms with Crippen LogP contribution in [0.3, 0.4) is 0 Å². The van der Waals surface area contributed by atoms with E-state index in [2.05, 4.69) is 15.4 Å². The average Bonchev–Trinajstić information content (AvgIpc) is 3.20. The molecule has 2 amide bonds. The first-order valence-corrected chi connectivity index (χ1v) is 13.0. The second-order valence-corrected chi connectivity index (χ2v) is 10.4. The fourth-order valence-electron chi connectivity index (χ4n) is 5.69. The number of carbonyl (C=O) groups excluding carboxylic acids is 2. The molecule has 11 heteroatoms. The summed E-state index contributed by atoms with van der Waals surface area (Å²) in [5, 5.41) is 7.39. The molecule has 3 aromatic rings. The molecule has 0 bridgehead atoms. The molecule has 39 heavy (non-hydrogen) atoms. The molecule has 1 fully saturated rings. The zero-order valence-corrected chi connectivity index (χ0v) is 23.2. The molecule has 2 N–H and O–H groups in total. The molecule has 0 aliphatic carbocycles. The summed E-state index contributed by atoms with van der Waals surface area (Å²) in [6.45, 7) is 8.67. The summed E-state index contributed by atoms with van der Waals surface area (Å²) in [5.74, 6) is -4.36. The number of pyridine rings is 1. The van der Waals surface area contributed by atoms with E-state index < -0.39 is 11.8 Å². The van der Waals surface area contributed by atoms with E-state index >= 15 is 0 Å². The normalized spacial score (nSPS) is 15.4. The van der Waals surface area contributed by atoms with Gasteiger partial charge in [0.2, 0.25) is 0 Å². The summed E-state index contributed by atoms with van der Waals surface area (Å²) in [4.78, 5) is 42.2. The van der Waals surface area contributed by atoms with Crippen molar-refractivity contribution < 1.29 is 23.1 Å². The van der Waals surface area contributed by atoms with Gasteiger partial charge in [0, 0.05) is 49.1 Å². The van der Waals surface area contributed by atoms with Crippen molar-refractivity contribution in [3.05, 3.63) is 62.3 Å². The molecule has 0 aromatic carbocycles. The number of methoxy groups -OCH3 is 1. The Bertz CT molecular complexity index is 1470. The van der Waals surface area contributed by atoms with Crippen molar-refractivity contribution in [3.63, 3.8) is 0 Å². The lowest BCUT2D eigenvalue weighted by atomic mass is 9.82. The zero-order chi connectivity index (χ0) is 28.6. The predicted octanol–water partition coefficient (Wildman–Crippen LogP) is 3.88. The van der Waals surface area contributed by atoms with Crippen LogP contribution < -0.4 is 15.6 Å². The Kier molecular flexibility index (Phi) is 7.81. The van der Waals surface area contributed by atoms with E-state index in [1.807, 2.05) is 26.8 Å². The number of likely N-dealkylation sites (tertiary alicyclic amines) is 1. The number of nitrogens with zero attached hydrogens (tertiary/aromatic N) is 3. The molecule has 4 heterocycles. The number of carbonyl (C=O) groups is 2. The monoisotopic (exact) mass is 543 g/mol. The van der Waals surface area contributed by atoms with E-state index in [1.54, 1.807) is 23.7 Å². The first-order chi connectivity index (χ1) is 18.4. The fraction of sp³-hybridized carbons (Fsp3) is 0.500. The number of fused-ring (bicyclic) bond motifs is 1. The van der Waals surface area contributed by atoms with Crippen molar-refractivity contribution in [1.29, 1.82) is 0 Å². The van der Waals surface area contributed by atoms with Gasteiger partial charge in [-0.3, -0.25) is 14.4 Å². The van der Waals surface area contributed by atoms with Crippen molar-refractivity contribution in [3.8, 4) is 5.75 Å². The van der Waals surface area contributed by atoms with Crippen LogP contribution in [0, 0.1) is 26.7 Å². The summed E-state index contributed by atoms with van der Waals surface area (Å²) in [6, 6.07) is 3.57. The van der Waals surface area contributed by atoms with Crippen molar-refractivity contribution in [2.45, 2.75) is 65.8 Å². The maximum absolute atomic E-state index is 13.5. The number of aromatic nitrogens is 3. The highest BCUT2D eigenvalue weighted by Crippen LogP contribution is 2.37. The number of piperidine rings is 1. The summed E-state index contributed by atoms with van der Waals surface area (Å²) >= 11 is 0.